The molecule has 2 aromatic carbocycles. The van der Waals surface area contributed by atoms with E-state index < -0.39 is 23.8 Å². The average molecular weight is 629 g/mol. The van der Waals surface area contributed by atoms with E-state index in [1.807, 2.05) is 49.1 Å². The van der Waals surface area contributed by atoms with Gasteiger partial charge in [-0.1, -0.05) is 26.0 Å². The Kier molecular flexibility index (Phi) is 10.5. The first-order valence-electron chi connectivity index (χ1n) is 14.9. The lowest BCUT2D eigenvalue weighted by molar-refractivity contribution is -0.137. The number of aliphatic hydroxyl groups excluding tert-OH is 1. The molecule has 1 aliphatic heterocycles. The molecule has 1 fully saturated rings. The Bertz CT molecular complexity index is 1590. The van der Waals surface area contributed by atoms with Crippen molar-refractivity contribution in [2.45, 2.75) is 77.5 Å². The number of benzene rings is 2. The molecule has 0 aliphatic carbocycles. The molecule has 1 atom stereocenters. The van der Waals surface area contributed by atoms with E-state index in [4.69, 9.17) is 4.42 Å². The Morgan fingerprint density at radius 1 is 1.02 bits per heavy atom. The van der Waals surface area contributed by atoms with Gasteiger partial charge in [-0.05, 0) is 93.3 Å². The highest BCUT2D eigenvalue weighted by atomic mass is 19.4. The van der Waals surface area contributed by atoms with Gasteiger partial charge in [-0.15, -0.1) is 0 Å². The Morgan fingerprint density at radius 2 is 1.67 bits per heavy atom. The van der Waals surface area contributed by atoms with Gasteiger partial charge in [0.1, 0.15) is 11.3 Å². The summed E-state index contributed by atoms with van der Waals surface area (Å²) in [5.74, 6) is -0.838. The molecule has 4 aromatic rings. The molecule has 1 aliphatic rings. The van der Waals surface area contributed by atoms with Crippen molar-refractivity contribution >= 4 is 16.9 Å². The van der Waals surface area contributed by atoms with Crippen LogP contribution in [0.4, 0.5) is 27.8 Å². The number of pyridine rings is 1. The molecule has 6 nitrogen and oxygen atoms in total. The van der Waals surface area contributed by atoms with Crippen LogP contribution in [-0.4, -0.2) is 34.1 Å². The van der Waals surface area contributed by atoms with Gasteiger partial charge in [-0.25, -0.2) is 18.7 Å². The molecule has 0 amide bonds. The topological polar surface area (TPSA) is 86.2 Å². The highest BCUT2D eigenvalue weighted by molar-refractivity contribution is 5.81. The van der Waals surface area contributed by atoms with Gasteiger partial charge in [0, 0.05) is 30.4 Å². The van der Waals surface area contributed by atoms with E-state index in [1.165, 1.54) is 6.07 Å². The Morgan fingerprint density at radius 3 is 2.20 bits per heavy atom. The molecule has 1 unspecified atom stereocenters. The van der Waals surface area contributed by atoms with Crippen molar-refractivity contribution in [3.05, 3.63) is 77.0 Å². The number of aromatic nitrogens is 2. The smallest absolute Gasteiger partial charge is 0.417 e. The highest BCUT2D eigenvalue weighted by Crippen LogP contribution is 2.34. The zero-order chi connectivity index (χ0) is 32.9. The Balaban J connectivity index is 0.000000854. The molecule has 2 aromatic heterocycles. The number of nitriles is 1. The fourth-order valence-corrected chi connectivity index (χ4v) is 5.28. The van der Waals surface area contributed by atoms with Crippen molar-refractivity contribution in [1.82, 2.24) is 9.97 Å². The second-order valence-corrected chi connectivity index (χ2v) is 12.1. The summed E-state index contributed by atoms with van der Waals surface area (Å²) in [6.07, 6.45) is -0.804. The van der Waals surface area contributed by atoms with Crippen LogP contribution in [0.3, 0.4) is 0 Å². The Labute approximate surface area is 259 Å². The first-order valence-corrected chi connectivity index (χ1v) is 14.9. The minimum Gasteiger partial charge on any atom is -0.436 e. The van der Waals surface area contributed by atoms with E-state index in [-0.39, 0.29) is 5.92 Å². The molecule has 0 bridgehead atoms. The summed E-state index contributed by atoms with van der Waals surface area (Å²) in [6.45, 7) is 7.27. The van der Waals surface area contributed by atoms with Crippen LogP contribution in [-0.2, 0) is 6.18 Å². The van der Waals surface area contributed by atoms with Gasteiger partial charge < -0.3 is 14.4 Å². The summed E-state index contributed by atoms with van der Waals surface area (Å²) in [7, 11) is 0. The highest BCUT2D eigenvalue weighted by Gasteiger charge is 2.31. The summed E-state index contributed by atoms with van der Waals surface area (Å²) in [4.78, 5) is 10.6. The van der Waals surface area contributed by atoms with Crippen LogP contribution in [0.15, 0.2) is 59.1 Å². The largest absolute Gasteiger partial charge is 0.436 e. The van der Waals surface area contributed by atoms with E-state index in [9.17, 15) is 32.3 Å². The third-order valence-electron chi connectivity index (χ3n) is 7.67. The zero-order valence-corrected chi connectivity index (χ0v) is 25.7. The predicted molar refractivity (Wildman–Crippen MR) is 163 cm³/mol. The van der Waals surface area contributed by atoms with Crippen LogP contribution in [0.2, 0.25) is 0 Å². The number of piperidine rings is 1. The van der Waals surface area contributed by atoms with E-state index in [0.29, 0.717) is 40.7 Å². The summed E-state index contributed by atoms with van der Waals surface area (Å²) >= 11 is 0. The average Bonchev–Trinajstić information content (AvgIpc) is 3.42. The molecular formula is C34H37F5N4O2. The van der Waals surface area contributed by atoms with Crippen molar-refractivity contribution < 1.29 is 31.5 Å². The van der Waals surface area contributed by atoms with Crippen LogP contribution in [0.25, 0.3) is 22.6 Å². The minimum atomic E-state index is -4.38. The van der Waals surface area contributed by atoms with Crippen LogP contribution in [0, 0.1) is 17.2 Å². The predicted octanol–water partition coefficient (Wildman–Crippen LogP) is 9.30. The van der Waals surface area contributed by atoms with Crippen molar-refractivity contribution in [3.63, 3.8) is 0 Å². The third kappa shape index (κ3) is 9.24. The van der Waals surface area contributed by atoms with Gasteiger partial charge in [0.25, 0.3) is 0 Å². The zero-order valence-electron chi connectivity index (χ0n) is 25.7. The fraction of sp³-hybridized carbons (Fsp3) is 0.441. The molecule has 0 spiro atoms. The lowest BCUT2D eigenvalue weighted by Gasteiger charge is -2.33. The molecule has 0 saturated carbocycles. The number of nitrogens with zero attached hydrogens (tertiary/aromatic N) is 4. The molecule has 0 radical (unpaired) electrons. The fourth-order valence-electron chi connectivity index (χ4n) is 5.28. The van der Waals surface area contributed by atoms with Crippen LogP contribution >= 0.6 is 0 Å². The lowest BCUT2D eigenvalue weighted by atomic mass is 9.89. The maximum Gasteiger partial charge on any atom is 0.417 e. The summed E-state index contributed by atoms with van der Waals surface area (Å²) in [6, 6.07) is 15.8. The first-order chi connectivity index (χ1) is 21.1. The molecule has 45 heavy (non-hydrogen) atoms. The summed E-state index contributed by atoms with van der Waals surface area (Å²) in [5.41, 5.74) is 3.72. The second-order valence-electron chi connectivity index (χ2n) is 12.1. The molecule has 3 heterocycles. The number of alkyl halides is 5. The van der Waals surface area contributed by atoms with E-state index in [0.717, 1.165) is 75.2 Å². The van der Waals surface area contributed by atoms with Crippen molar-refractivity contribution in [2.75, 3.05) is 18.0 Å². The number of halogens is 5. The van der Waals surface area contributed by atoms with Gasteiger partial charge in [-0.3, -0.25) is 0 Å². The third-order valence-corrected chi connectivity index (χ3v) is 7.67. The number of oxazole rings is 1. The first kappa shape index (κ1) is 33.8. The van der Waals surface area contributed by atoms with Crippen LogP contribution in [0.1, 0.15) is 87.7 Å². The molecule has 1 N–H and O–H groups in total. The van der Waals surface area contributed by atoms with Gasteiger partial charge in [-0.2, -0.15) is 18.4 Å². The maximum absolute atomic E-state index is 12.8. The van der Waals surface area contributed by atoms with Crippen molar-refractivity contribution in [2.24, 2.45) is 5.92 Å². The maximum atomic E-state index is 12.8. The van der Waals surface area contributed by atoms with E-state index >= 15 is 0 Å². The molecule has 11 heteroatoms. The Hall–Kier alpha value is -4.04. The summed E-state index contributed by atoms with van der Waals surface area (Å²) in [5, 5.41) is 20.2. The number of hydrogen-bond donors (Lipinski definition) is 1. The van der Waals surface area contributed by atoms with Gasteiger partial charge in [0.2, 0.25) is 11.8 Å². The van der Waals surface area contributed by atoms with Crippen LogP contribution in [0.5, 0.6) is 0 Å². The quantitative estimate of drug-likeness (QED) is 0.205. The van der Waals surface area contributed by atoms with Gasteiger partial charge >= 0.3 is 6.18 Å². The van der Waals surface area contributed by atoms with Gasteiger partial charge in [0.05, 0.1) is 23.3 Å². The van der Waals surface area contributed by atoms with Crippen LogP contribution < -0.4 is 4.90 Å². The molecule has 240 valence electrons. The van der Waals surface area contributed by atoms with Gasteiger partial charge in [0.15, 0.2) is 5.58 Å². The SMILES string of the molecule is CC(C)(F)F.CC(C)c1cc(C#N)cc2nc(-c3ccc(C(O)CCC4CCN(c5ccc(C(F)(F)F)cn5)CC4)cc3)oc12. The van der Waals surface area contributed by atoms with E-state index in [2.05, 4.69) is 16.0 Å². The number of hydrogen-bond acceptors (Lipinski definition) is 6. The van der Waals surface area contributed by atoms with E-state index in [1.54, 1.807) is 6.07 Å². The number of aliphatic hydroxyl groups is 1. The molecule has 5 rings (SSSR count). The van der Waals surface area contributed by atoms with Crippen molar-refractivity contribution in [3.8, 4) is 17.5 Å². The minimum absolute atomic E-state index is 0.183. The molecular weight excluding hydrogens is 591 g/mol. The molecule has 1 saturated heterocycles. The number of fused-ring (bicyclic) bond motifs is 1. The number of anilines is 1. The monoisotopic (exact) mass is 628 g/mol. The lowest BCUT2D eigenvalue weighted by Crippen LogP contribution is -2.34. The number of rotatable bonds is 7. The second kappa shape index (κ2) is 13.9. The summed E-state index contributed by atoms with van der Waals surface area (Å²) < 4.78 is 66.5. The standard InChI is InChI=1S/C31H31F3N4O2.C3H6F2/c1-19(2)25-15-21(17-35)16-26-29(25)40-30(37-26)23-6-4-22(5-7-23)27(39)9-3-20-11-13-38(14-12-20)28-10-8-24(18-36-28)31(32,33)34;1-3(2,4)5/h4-8,10,15-16,18-20,27,39H,3,9,11-14H2,1-2H3;1-2H3. The normalized spacial score (nSPS) is 15.1. The van der Waals surface area contributed by atoms with Crippen molar-refractivity contribution in [1.29, 1.82) is 5.26 Å².